The zero-order chi connectivity index (χ0) is 16.8. The van der Waals surface area contributed by atoms with Crippen LogP contribution < -0.4 is 11.1 Å². The number of nitrogens with two attached hydrogens (primary N) is 1. The zero-order valence-corrected chi connectivity index (χ0v) is 13.7. The average molecular weight is 326 g/mol. The van der Waals surface area contributed by atoms with Crippen molar-refractivity contribution in [3.05, 3.63) is 35.9 Å². The number of benzene rings is 1. The normalized spacial score (nSPS) is 11.9. The summed E-state index contributed by atoms with van der Waals surface area (Å²) < 4.78 is 23.8. The van der Waals surface area contributed by atoms with E-state index < -0.39 is 32.9 Å². The molecule has 1 rings (SSSR count). The quantitative estimate of drug-likeness (QED) is 0.721. The summed E-state index contributed by atoms with van der Waals surface area (Å²) in [6, 6.07) is 9.53. The second kappa shape index (κ2) is 7.40. The number of aryl methyl sites for hydroxylation is 1. The van der Waals surface area contributed by atoms with E-state index in [9.17, 15) is 18.0 Å². The summed E-state index contributed by atoms with van der Waals surface area (Å²) >= 11 is 0. The Bertz CT molecular complexity index is 624. The van der Waals surface area contributed by atoms with Crippen LogP contribution in [0.15, 0.2) is 30.3 Å². The van der Waals surface area contributed by atoms with Gasteiger partial charge in [0.15, 0.2) is 9.84 Å². The van der Waals surface area contributed by atoms with E-state index in [0.29, 0.717) is 12.8 Å². The molecule has 3 N–H and O–H groups in total. The van der Waals surface area contributed by atoms with E-state index >= 15 is 0 Å². The van der Waals surface area contributed by atoms with Gasteiger partial charge < -0.3 is 11.1 Å². The first-order chi connectivity index (χ1) is 10.1. The van der Waals surface area contributed by atoms with Crippen LogP contribution in [0.2, 0.25) is 0 Å². The van der Waals surface area contributed by atoms with Crippen molar-refractivity contribution < 1.29 is 18.0 Å². The molecule has 6 nitrogen and oxygen atoms in total. The lowest BCUT2D eigenvalue weighted by Gasteiger charge is -2.22. The second-order valence-electron chi connectivity index (χ2n) is 5.72. The highest BCUT2D eigenvalue weighted by molar-refractivity contribution is 7.92. The second-order valence-corrected chi connectivity index (χ2v) is 7.90. The fourth-order valence-corrected chi connectivity index (χ4v) is 3.06. The smallest absolute Gasteiger partial charge is 0.242 e. The van der Waals surface area contributed by atoms with Crippen LogP contribution in [0.4, 0.5) is 0 Å². The predicted octanol–water partition coefficient (Wildman–Crippen LogP) is 0.414. The Morgan fingerprint density at radius 3 is 2.32 bits per heavy atom. The average Bonchev–Trinajstić information content (AvgIpc) is 2.37. The molecule has 1 aromatic carbocycles. The van der Waals surface area contributed by atoms with E-state index in [4.69, 9.17) is 5.73 Å². The van der Waals surface area contributed by atoms with Crippen LogP contribution in [0, 0.1) is 0 Å². The van der Waals surface area contributed by atoms with Gasteiger partial charge in [-0.1, -0.05) is 30.3 Å². The third-order valence-corrected chi connectivity index (χ3v) is 4.80. The SMILES string of the molecule is CC(C)(NC(=O)CS(=O)(=O)CCCc1ccccc1)C(N)=O. The molecule has 0 atom stereocenters. The Balaban J connectivity index is 2.47. The molecule has 0 aliphatic rings. The van der Waals surface area contributed by atoms with Gasteiger partial charge in [0.2, 0.25) is 11.8 Å². The molecule has 0 fully saturated rings. The van der Waals surface area contributed by atoms with Gasteiger partial charge >= 0.3 is 0 Å². The minimum Gasteiger partial charge on any atom is -0.368 e. The van der Waals surface area contributed by atoms with Crippen molar-refractivity contribution >= 4 is 21.7 Å². The predicted molar refractivity (Wildman–Crippen MR) is 84.8 cm³/mol. The Morgan fingerprint density at radius 1 is 1.18 bits per heavy atom. The summed E-state index contributed by atoms with van der Waals surface area (Å²) in [5.74, 6) is -2.16. The maximum absolute atomic E-state index is 11.9. The molecule has 2 amide bonds. The van der Waals surface area contributed by atoms with Crippen LogP contribution in [0.5, 0.6) is 0 Å². The minimum absolute atomic E-state index is 0.0771. The van der Waals surface area contributed by atoms with Crippen LogP contribution in [0.1, 0.15) is 25.8 Å². The van der Waals surface area contributed by atoms with E-state index in [-0.39, 0.29) is 5.75 Å². The minimum atomic E-state index is -3.51. The van der Waals surface area contributed by atoms with E-state index in [1.165, 1.54) is 13.8 Å². The molecule has 22 heavy (non-hydrogen) atoms. The summed E-state index contributed by atoms with van der Waals surface area (Å²) in [7, 11) is -3.51. The molecule has 0 radical (unpaired) electrons. The molecule has 0 aliphatic heterocycles. The molecule has 0 spiro atoms. The first kappa shape index (κ1) is 18.2. The van der Waals surface area contributed by atoms with Gasteiger partial charge in [0.25, 0.3) is 0 Å². The highest BCUT2D eigenvalue weighted by atomic mass is 32.2. The lowest BCUT2D eigenvalue weighted by atomic mass is 10.1. The Hall–Kier alpha value is -1.89. The molecule has 0 heterocycles. The van der Waals surface area contributed by atoms with Crippen molar-refractivity contribution in [2.24, 2.45) is 5.73 Å². The Morgan fingerprint density at radius 2 is 1.77 bits per heavy atom. The molecular formula is C15H22N2O4S. The van der Waals surface area contributed by atoms with Gasteiger partial charge in [0.1, 0.15) is 11.3 Å². The van der Waals surface area contributed by atoms with Gasteiger partial charge in [0.05, 0.1) is 5.75 Å². The molecule has 0 unspecified atom stereocenters. The first-order valence-corrected chi connectivity index (χ1v) is 8.80. The Kier molecular flexibility index (Phi) is 6.11. The number of hydrogen-bond acceptors (Lipinski definition) is 4. The van der Waals surface area contributed by atoms with E-state index in [0.717, 1.165) is 5.56 Å². The topological polar surface area (TPSA) is 106 Å². The molecular weight excluding hydrogens is 304 g/mol. The zero-order valence-electron chi connectivity index (χ0n) is 12.8. The lowest BCUT2D eigenvalue weighted by Crippen LogP contribution is -2.54. The summed E-state index contributed by atoms with van der Waals surface area (Å²) in [5, 5.41) is 2.33. The van der Waals surface area contributed by atoms with Crippen molar-refractivity contribution in [2.45, 2.75) is 32.2 Å². The van der Waals surface area contributed by atoms with Gasteiger partial charge in [-0.3, -0.25) is 9.59 Å². The number of nitrogens with one attached hydrogen (secondary N) is 1. The number of primary amides is 1. The summed E-state index contributed by atoms with van der Waals surface area (Å²) in [6.07, 6.45) is 1.08. The summed E-state index contributed by atoms with van der Waals surface area (Å²) in [5.41, 5.74) is 4.91. The molecule has 0 saturated heterocycles. The molecule has 1 aromatic rings. The van der Waals surface area contributed by atoms with Crippen molar-refractivity contribution in [2.75, 3.05) is 11.5 Å². The van der Waals surface area contributed by atoms with Crippen molar-refractivity contribution in [1.82, 2.24) is 5.32 Å². The maximum Gasteiger partial charge on any atom is 0.242 e. The molecule has 122 valence electrons. The number of hydrogen-bond donors (Lipinski definition) is 2. The van der Waals surface area contributed by atoms with E-state index in [1.807, 2.05) is 30.3 Å². The number of carbonyl (C=O) groups excluding carboxylic acids is 2. The van der Waals surface area contributed by atoms with Crippen molar-refractivity contribution in [3.8, 4) is 0 Å². The summed E-state index contributed by atoms with van der Waals surface area (Å²) in [4.78, 5) is 22.8. The molecule has 7 heteroatoms. The first-order valence-electron chi connectivity index (χ1n) is 6.98. The highest BCUT2D eigenvalue weighted by Gasteiger charge is 2.28. The van der Waals surface area contributed by atoms with Crippen LogP contribution in [0.25, 0.3) is 0 Å². The van der Waals surface area contributed by atoms with Crippen LogP contribution in [-0.2, 0) is 25.8 Å². The number of rotatable bonds is 8. The fraction of sp³-hybridized carbons (Fsp3) is 0.467. The molecule has 0 aliphatic carbocycles. The van der Waals surface area contributed by atoms with Crippen LogP contribution in [-0.4, -0.2) is 37.3 Å². The number of carbonyl (C=O) groups is 2. The standard InChI is InChI=1S/C15H22N2O4S/c1-15(2,14(16)19)17-13(18)11-22(20,21)10-6-9-12-7-4-3-5-8-12/h3-5,7-8H,6,9-11H2,1-2H3,(H2,16,19)(H,17,18). The maximum atomic E-state index is 11.9. The fourth-order valence-electron chi connectivity index (χ4n) is 1.86. The van der Waals surface area contributed by atoms with Gasteiger partial charge in [-0.25, -0.2) is 8.42 Å². The molecule has 0 saturated carbocycles. The van der Waals surface area contributed by atoms with Gasteiger partial charge in [-0.2, -0.15) is 0 Å². The van der Waals surface area contributed by atoms with Crippen LogP contribution >= 0.6 is 0 Å². The van der Waals surface area contributed by atoms with E-state index in [1.54, 1.807) is 0 Å². The highest BCUT2D eigenvalue weighted by Crippen LogP contribution is 2.06. The monoisotopic (exact) mass is 326 g/mol. The number of sulfone groups is 1. The largest absolute Gasteiger partial charge is 0.368 e. The van der Waals surface area contributed by atoms with E-state index in [2.05, 4.69) is 5.32 Å². The van der Waals surface area contributed by atoms with Crippen molar-refractivity contribution in [3.63, 3.8) is 0 Å². The van der Waals surface area contributed by atoms with Gasteiger partial charge in [-0.05, 0) is 32.3 Å². The lowest BCUT2D eigenvalue weighted by molar-refractivity contribution is -0.129. The van der Waals surface area contributed by atoms with Crippen LogP contribution in [0.3, 0.4) is 0 Å². The van der Waals surface area contributed by atoms with Gasteiger partial charge in [0, 0.05) is 0 Å². The number of amides is 2. The molecule has 0 bridgehead atoms. The third kappa shape index (κ3) is 6.26. The van der Waals surface area contributed by atoms with Crippen molar-refractivity contribution in [1.29, 1.82) is 0 Å². The Labute approximate surface area is 131 Å². The third-order valence-electron chi connectivity index (χ3n) is 3.18. The van der Waals surface area contributed by atoms with Gasteiger partial charge in [-0.15, -0.1) is 0 Å². The summed E-state index contributed by atoms with van der Waals surface area (Å²) in [6.45, 7) is 2.85. The molecule has 0 aromatic heterocycles.